The molecule has 0 bridgehead atoms. The van der Waals surface area contributed by atoms with Gasteiger partial charge in [-0.2, -0.15) is 5.10 Å². The van der Waals surface area contributed by atoms with Crippen LogP contribution >= 0.6 is 11.6 Å². The number of halogens is 1. The van der Waals surface area contributed by atoms with Gasteiger partial charge in [-0.1, -0.05) is 17.7 Å². The average molecular weight is 283 g/mol. The van der Waals surface area contributed by atoms with Crippen molar-refractivity contribution < 1.29 is 19.7 Å². The summed E-state index contributed by atoms with van der Waals surface area (Å²) in [6.07, 6.45) is 0.191. The zero-order valence-electron chi connectivity index (χ0n) is 9.84. The number of aliphatic carboxylic acids is 1. The van der Waals surface area contributed by atoms with Crippen molar-refractivity contribution in [3.05, 3.63) is 34.3 Å². The number of ether oxygens (including phenoxy) is 1. The second kappa shape index (κ2) is 4.19. The van der Waals surface area contributed by atoms with E-state index in [1.54, 1.807) is 18.2 Å². The van der Waals surface area contributed by atoms with Gasteiger partial charge in [-0.3, -0.25) is 0 Å². The van der Waals surface area contributed by atoms with E-state index in [1.807, 2.05) is 0 Å². The van der Waals surface area contributed by atoms with E-state index in [-0.39, 0.29) is 19.9 Å². The number of aliphatic hydroxyl groups is 1. The predicted molar refractivity (Wildman–Crippen MR) is 66.9 cm³/mol. The lowest BCUT2D eigenvalue weighted by Crippen LogP contribution is -2.53. The summed E-state index contributed by atoms with van der Waals surface area (Å²) in [5.74, 6) is -1.09. The van der Waals surface area contributed by atoms with Crippen LogP contribution in [-0.2, 0) is 16.0 Å². The van der Waals surface area contributed by atoms with E-state index >= 15 is 0 Å². The Morgan fingerprint density at radius 2 is 2.37 bits per heavy atom. The standard InChI is InChI=1S/C12H11ClN2O4/c13-8-1-2-9-7(3-8)4-12(11(17)18)10(9)14-15(5-16)6-19-12/h1-3,16H,4-6H2,(H,17,18)/t12-/m0/s1. The molecule has 100 valence electrons. The van der Waals surface area contributed by atoms with Crippen LogP contribution in [0.3, 0.4) is 0 Å². The fourth-order valence-electron chi connectivity index (χ4n) is 2.43. The lowest BCUT2D eigenvalue weighted by Gasteiger charge is -2.33. The van der Waals surface area contributed by atoms with E-state index in [9.17, 15) is 9.90 Å². The van der Waals surface area contributed by atoms with Crippen LogP contribution < -0.4 is 0 Å². The molecule has 7 heteroatoms. The van der Waals surface area contributed by atoms with E-state index in [1.165, 1.54) is 5.01 Å². The number of fused-ring (bicyclic) bond motifs is 3. The molecule has 1 aliphatic carbocycles. The summed E-state index contributed by atoms with van der Waals surface area (Å²) in [7, 11) is 0. The Hall–Kier alpha value is -1.63. The maximum Gasteiger partial charge on any atom is 0.342 e. The normalized spacial score (nSPS) is 24.7. The number of hydrogen-bond donors (Lipinski definition) is 2. The number of benzene rings is 1. The van der Waals surface area contributed by atoms with Crippen LogP contribution in [0.15, 0.2) is 23.3 Å². The van der Waals surface area contributed by atoms with Gasteiger partial charge in [0.25, 0.3) is 0 Å². The number of hydrazone groups is 1. The first-order chi connectivity index (χ1) is 9.06. The number of nitrogens with zero attached hydrogens (tertiary/aromatic N) is 2. The highest BCUT2D eigenvalue weighted by atomic mass is 35.5. The first-order valence-corrected chi connectivity index (χ1v) is 6.05. The molecule has 1 aliphatic heterocycles. The Labute approximate surface area is 113 Å². The third-order valence-electron chi connectivity index (χ3n) is 3.35. The van der Waals surface area contributed by atoms with Crippen molar-refractivity contribution in [3.63, 3.8) is 0 Å². The monoisotopic (exact) mass is 282 g/mol. The molecule has 0 saturated heterocycles. The summed E-state index contributed by atoms with van der Waals surface area (Å²) in [4.78, 5) is 11.6. The van der Waals surface area contributed by atoms with Gasteiger partial charge in [0, 0.05) is 17.0 Å². The third kappa shape index (κ3) is 1.72. The SMILES string of the molecule is O=C(O)[C@]12Cc3cc(Cl)ccc3C1=NN(CO)CO2. The summed E-state index contributed by atoms with van der Waals surface area (Å²) in [5, 5.41) is 24.6. The zero-order valence-corrected chi connectivity index (χ0v) is 10.6. The first-order valence-electron chi connectivity index (χ1n) is 5.68. The largest absolute Gasteiger partial charge is 0.479 e. The van der Waals surface area contributed by atoms with E-state index in [2.05, 4.69) is 5.10 Å². The molecule has 1 aromatic rings. The molecular formula is C12H11ClN2O4. The summed E-state index contributed by atoms with van der Waals surface area (Å²) in [5.41, 5.74) is 0.323. The lowest BCUT2D eigenvalue weighted by molar-refractivity contribution is -0.166. The average Bonchev–Trinajstić information content (AvgIpc) is 2.72. The third-order valence-corrected chi connectivity index (χ3v) is 3.59. The molecule has 0 radical (unpaired) electrons. The van der Waals surface area contributed by atoms with Crippen molar-refractivity contribution in [2.45, 2.75) is 12.0 Å². The van der Waals surface area contributed by atoms with E-state index < -0.39 is 11.6 Å². The van der Waals surface area contributed by atoms with Crippen LogP contribution in [-0.4, -0.2) is 46.0 Å². The second-order valence-electron chi connectivity index (χ2n) is 4.48. The Morgan fingerprint density at radius 1 is 1.58 bits per heavy atom. The molecule has 19 heavy (non-hydrogen) atoms. The van der Waals surface area contributed by atoms with Gasteiger partial charge in [0.15, 0.2) is 0 Å². The van der Waals surface area contributed by atoms with Crippen molar-refractivity contribution in [3.8, 4) is 0 Å². The van der Waals surface area contributed by atoms with E-state index in [0.717, 1.165) is 5.56 Å². The van der Waals surface area contributed by atoms with Gasteiger partial charge in [0.05, 0.1) is 0 Å². The molecule has 1 aromatic carbocycles. The first kappa shape index (κ1) is 12.4. The topological polar surface area (TPSA) is 82.4 Å². The number of aliphatic hydroxyl groups excluding tert-OH is 1. The number of carboxylic acid groups (broad SMARTS) is 1. The van der Waals surface area contributed by atoms with Gasteiger partial charge in [-0.05, 0) is 17.7 Å². The quantitative estimate of drug-likeness (QED) is 0.833. The summed E-state index contributed by atoms with van der Waals surface area (Å²) in [6.45, 7) is -0.393. The highest BCUT2D eigenvalue weighted by Crippen LogP contribution is 2.37. The van der Waals surface area contributed by atoms with Crippen molar-refractivity contribution >= 4 is 23.3 Å². The smallest absolute Gasteiger partial charge is 0.342 e. The Kier molecular flexibility index (Phi) is 2.74. The highest BCUT2D eigenvalue weighted by Gasteiger charge is 2.53. The van der Waals surface area contributed by atoms with E-state index in [0.29, 0.717) is 16.3 Å². The van der Waals surface area contributed by atoms with Gasteiger partial charge >= 0.3 is 5.97 Å². The molecule has 1 atom stereocenters. The molecule has 0 fully saturated rings. The van der Waals surface area contributed by atoms with Gasteiger partial charge in [-0.15, -0.1) is 0 Å². The molecule has 0 saturated carbocycles. The molecule has 2 N–H and O–H groups in total. The molecule has 3 rings (SSSR count). The van der Waals surface area contributed by atoms with Crippen LogP contribution in [0.25, 0.3) is 0 Å². The number of hydrogen-bond acceptors (Lipinski definition) is 5. The van der Waals surface area contributed by atoms with Gasteiger partial charge in [0.2, 0.25) is 5.60 Å². The van der Waals surface area contributed by atoms with Crippen molar-refractivity contribution in [1.82, 2.24) is 5.01 Å². The van der Waals surface area contributed by atoms with Crippen molar-refractivity contribution in [2.75, 3.05) is 13.5 Å². The van der Waals surface area contributed by atoms with Gasteiger partial charge < -0.3 is 14.9 Å². The zero-order chi connectivity index (χ0) is 13.6. The lowest BCUT2D eigenvalue weighted by atomic mass is 9.98. The second-order valence-corrected chi connectivity index (χ2v) is 4.92. The Morgan fingerprint density at radius 3 is 3.05 bits per heavy atom. The fourth-order valence-corrected chi connectivity index (χ4v) is 2.62. The molecular weight excluding hydrogens is 272 g/mol. The van der Waals surface area contributed by atoms with Crippen LogP contribution in [0.2, 0.25) is 5.02 Å². The maximum atomic E-state index is 11.6. The van der Waals surface area contributed by atoms with Crippen LogP contribution in [0.1, 0.15) is 11.1 Å². The van der Waals surface area contributed by atoms with Crippen LogP contribution in [0.5, 0.6) is 0 Å². The summed E-state index contributed by atoms with van der Waals surface area (Å²) >= 11 is 5.92. The molecule has 0 spiro atoms. The molecule has 0 unspecified atom stereocenters. The molecule has 6 nitrogen and oxygen atoms in total. The highest BCUT2D eigenvalue weighted by molar-refractivity contribution is 6.31. The molecule has 2 aliphatic rings. The minimum Gasteiger partial charge on any atom is -0.479 e. The van der Waals surface area contributed by atoms with Crippen molar-refractivity contribution in [2.24, 2.45) is 5.10 Å². The van der Waals surface area contributed by atoms with Crippen LogP contribution in [0, 0.1) is 0 Å². The molecule has 0 aromatic heterocycles. The number of carboxylic acids is 1. The fraction of sp³-hybridized carbons (Fsp3) is 0.333. The molecule has 1 heterocycles. The molecule has 0 amide bonds. The van der Waals surface area contributed by atoms with E-state index in [4.69, 9.17) is 21.4 Å². The van der Waals surface area contributed by atoms with Crippen LogP contribution in [0.4, 0.5) is 0 Å². The summed E-state index contributed by atoms with van der Waals surface area (Å²) in [6, 6.07) is 5.12. The van der Waals surface area contributed by atoms with Crippen molar-refractivity contribution in [1.29, 1.82) is 0 Å². The maximum absolute atomic E-state index is 11.6. The summed E-state index contributed by atoms with van der Waals surface area (Å²) < 4.78 is 5.47. The Balaban J connectivity index is 2.17. The Bertz CT molecular complexity index is 589. The predicted octanol–water partition coefficient (Wildman–Crippen LogP) is 0.663. The number of carbonyl (C=O) groups is 1. The minimum atomic E-state index is -1.47. The minimum absolute atomic E-state index is 0.0615. The van der Waals surface area contributed by atoms with Gasteiger partial charge in [-0.25, -0.2) is 9.80 Å². The van der Waals surface area contributed by atoms with Gasteiger partial charge in [0.1, 0.15) is 19.2 Å². The number of rotatable bonds is 2.